The minimum Gasteiger partial charge on any atom is -0.475 e. The standard InChI is InChI=1S/2C9H21P.2C2HF3O2/c2*1-7(2)10(8(3)4)9(5)6;2*3-2(4,5)1(6)7/h2*7-9H,1-6H3;2*(H,6,7). The van der Waals surface area contributed by atoms with Gasteiger partial charge in [0.15, 0.2) is 0 Å². The van der Waals surface area contributed by atoms with Gasteiger partial charge in [-0.1, -0.05) is 98.9 Å². The Kier molecular flexibility index (Phi) is 22.2. The maximum atomic E-state index is 10.6. The summed E-state index contributed by atoms with van der Waals surface area (Å²) in [5.74, 6) is -5.51. The number of rotatable bonds is 6. The first-order valence-corrected chi connectivity index (χ1v) is 14.1. The molecule has 0 aromatic rings. The summed E-state index contributed by atoms with van der Waals surface area (Å²) in [6.07, 6.45) is -10.2. The van der Waals surface area contributed by atoms with Gasteiger partial charge in [0.25, 0.3) is 0 Å². The molecule has 0 aliphatic heterocycles. The lowest BCUT2D eigenvalue weighted by molar-refractivity contribution is -0.193. The van der Waals surface area contributed by atoms with Crippen molar-refractivity contribution in [2.24, 2.45) is 0 Å². The van der Waals surface area contributed by atoms with Gasteiger partial charge in [0.05, 0.1) is 0 Å². The van der Waals surface area contributed by atoms with Gasteiger partial charge < -0.3 is 10.2 Å². The highest BCUT2D eigenvalue weighted by Gasteiger charge is 2.38. The Bertz CT molecular complexity index is 460. The van der Waals surface area contributed by atoms with Crippen LogP contribution in [-0.2, 0) is 9.59 Å². The predicted octanol–water partition coefficient (Wildman–Crippen LogP) is 8.65. The van der Waals surface area contributed by atoms with Gasteiger partial charge in [-0.3, -0.25) is 0 Å². The molecule has 0 saturated carbocycles. The first-order chi connectivity index (χ1) is 14.8. The molecule has 0 aliphatic rings. The molecule has 0 aromatic heterocycles. The third-order valence-electron chi connectivity index (χ3n) is 4.06. The number of carbonyl (C=O) groups is 2. The zero-order chi connectivity index (χ0) is 28.8. The van der Waals surface area contributed by atoms with Crippen LogP contribution in [0.1, 0.15) is 83.1 Å². The summed E-state index contributed by atoms with van der Waals surface area (Å²) >= 11 is 0. The number of hydrogen-bond donors (Lipinski definition) is 2. The molecule has 0 spiro atoms. The van der Waals surface area contributed by atoms with Gasteiger partial charge >= 0.3 is 24.3 Å². The quantitative estimate of drug-likeness (QED) is 0.257. The van der Waals surface area contributed by atoms with Crippen LogP contribution in [0, 0.1) is 0 Å². The van der Waals surface area contributed by atoms with E-state index >= 15 is 0 Å². The summed E-state index contributed by atoms with van der Waals surface area (Å²) < 4.78 is 63.5. The third-order valence-corrected chi connectivity index (χ3v) is 11.2. The van der Waals surface area contributed by atoms with Crippen molar-refractivity contribution < 1.29 is 46.1 Å². The number of alkyl halides is 6. The lowest BCUT2D eigenvalue weighted by Gasteiger charge is -2.29. The minimum atomic E-state index is -5.08. The Morgan fingerprint density at radius 2 is 0.559 bits per heavy atom. The average Bonchev–Trinajstić information content (AvgIpc) is 2.51. The molecule has 0 radical (unpaired) electrons. The normalized spacial score (nSPS) is 12.1. The molecule has 0 unspecified atom stereocenters. The minimum absolute atomic E-state index is 0.262. The number of hydrogen-bond acceptors (Lipinski definition) is 2. The second-order valence-corrected chi connectivity index (χ2v) is 17.0. The fraction of sp³-hybridized carbons (Fsp3) is 0.909. The summed E-state index contributed by atoms with van der Waals surface area (Å²) in [6.45, 7) is 28.2. The van der Waals surface area contributed by atoms with Gasteiger partial charge in [-0.25, -0.2) is 9.59 Å². The Hall–Kier alpha value is -0.620. The number of aliphatic carboxylic acids is 2. The molecule has 0 aliphatic carbocycles. The zero-order valence-corrected chi connectivity index (χ0v) is 24.1. The van der Waals surface area contributed by atoms with Crippen LogP contribution >= 0.6 is 15.8 Å². The summed E-state index contributed by atoms with van der Waals surface area (Å²) in [7, 11) is 0.525. The van der Waals surface area contributed by atoms with E-state index in [1.165, 1.54) is 0 Å². The lowest BCUT2D eigenvalue weighted by atomic mass is 10.5. The molecule has 0 amide bonds. The highest BCUT2D eigenvalue weighted by Crippen LogP contribution is 2.50. The molecular weight excluding hydrogens is 504 g/mol. The van der Waals surface area contributed by atoms with Crippen molar-refractivity contribution in [3.05, 3.63) is 0 Å². The monoisotopic (exact) mass is 548 g/mol. The van der Waals surface area contributed by atoms with E-state index in [1.54, 1.807) is 0 Å². The molecule has 0 aromatic carbocycles. The molecule has 0 rings (SSSR count). The summed E-state index contributed by atoms with van der Waals surface area (Å²) in [4.78, 5) is 17.8. The molecule has 0 saturated heterocycles. The molecule has 2 N–H and O–H groups in total. The van der Waals surface area contributed by atoms with Gasteiger partial charge in [-0.05, 0) is 34.0 Å². The van der Waals surface area contributed by atoms with Crippen molar-refractivity contribution in [1.29, 1.82) is 0 Å². The first-order valence-electron chi connectivity index (χ1n) is 11.0. The van der Waals surface area contributed by atoms with Crippen LogP contribution in [0.25, 0.3) is 0 Å². The fourth-order valence-electron chi connectivity index (χ4n) is 3.58. The summed E-state index contributed by atoms with van der Waals surface area (Å²) in [5.41, 5.74) is 5.39. The van der Waals surface area contributed by atoms with Gasteiger partial charge in [0.1, 0.15) is 0 Å². The van der Waals surface area contributed by atoms with Crippen molar-refractivity contribution in [3.63, 3.8) is 0 Å². The molecule has 0 fully saturated rings. The number of carboxylic acids is 2. The number of halogens is 6. The second-order valence-electron chi connectivity index (χ2n) is 9.06. The average molecular weight is 549 g/mol. The van der Waals surface area contributed by atoms with Crippen LogP contribution in [0.2, 0.25) is 0 Å². The molecule has 0 bridgehead atoms. The van der Waals surface area contributed by atoms with E-state index in [4.69, 9.17) is 19.8 Å². The molecule has 208 valence electrons. The van der Waals surface area contributed by atoms with Crippen molar-refractivity contribution in [1.82, 2.24) is 0 Å². The number of carboxylic acid groups (broad SMARTS) is 2. The lowest BCUT2D eigenvalue weighted by Crippen LogP contribution is -2.21. The fourth-order valence-corrected chi connectivity index (χ4v) is 10.7. The first kappa shape index (κ1) is 40.5. The largest absolute Gasteiger partial charge is 0.490 e. The smallest absolute Gasteiger partial charge is 0.475 e. The van der Waals surface area contributed by atoms with Crippen LogP contribution in [-0.4, -0.2) is 68.5 Å². The Balaban J connectivity index is -0.000000179. The van der Waals surface area contributed by atoms with Crippen LogP contribution in [0.15, 0.2) is 0 Å². The highest BCUT2D eigenvalue weighted by atomic mass is 31.1. The topological polar surface area (TPSA) is 74.6 Å². The molecule has 0 heterocycles. The molecule has 0 atom stereocenters. The van der Waals surface area contributed by atoms with E-state index < -0.39 is 24.3 Å². The Morgan fingerprint density at radius 1 is 0.471 bits per heavy atom. The van der Waals surface area contributed by atoms with Gasteiger partial charge in [0.2, 0.25) is 0 Å². The van der Waals surface area contributed by atoms with E-state index in [0.717, 1.165) is 34.0 Å². The second kappa shape index (κ2) is 18.6. The molecule has 4 nitrogen and oxygen atoms in total. The van der Waals surface area contributed by atoms with E-state index in [9.17, 15) is 26.3 Å². The van der Waals surface area contributed by atoms with Crippen LogP contribution in [0.3, 0.4) is 0 Å². The van der Waals surface area contributed by atoms with E-state index in [1.807, 2.05) is 0 Å². The summed E-state index contributed by atoms with van der Waals surface area (Å²) in [5, 5.41) is 14.2. The zero-order valence-electron chi connectivity index (χ0n) is 22.3. The molecule has 34 heavy (non-hydrogen) atoms. The molecule has 12 heteroatoms. The Morgan fingerprint density at radius 3 is 0.559 bits per heavy atom. The van der Waals surface area contributed by atoms with Crippen LogP contribution < -0.4 is 0 Å². The van der Waals surface area contributed by atoms with Crippen molar-refractivity contribution in [3.8, 4) is 0 Å². The van der Waals surface area contributed by atoms with Gasteiger partial charge in [-0.2, -0.15) is 26.3 Å². The summed E-state index contributed by atoms with van der Waals surface area (Å²) in [6, 6.07) is 0. The van der Waals surface area contributed by atoms with Crippen LogP contribution in [0.4, 0.5) is 26.3 Å². The SMILES string of the molecule is CC(C)P(C(C)C)C(C)C.CC(C)P(C(C)C)C(C)C.O=C(O)C(F)(F)F.O=C(O)C(F)(F)F. The van der Waals surface area contributed by atoms with E-state index in [2.05, 4.69) is 83.1 Å². The third kappa shape index (κ3) is 23.1. The highest BCUT2D eigenvalue weighted by molar-refractivity contribution is 7.60. The van der Waals surface area contributed by atoms with E-state index in [-0.39, 0.29) is 15.8 Å². The van der Waals surface area contributed by atoms with Gasteiger partial charge in [-0.15, -0.1) is 0 Å². The van der Waals surface area contributed by atoms with Crippen molar-refractivity contribution >= 4 is 27.8 Å². The molecular formula is C22H44F6O4P2. The maximum absolute atomic E-state index is 10.6. The Labute approximate surface area is 203 Å². The van der Waals surface area contributed by atoms with Crippen molar-refractivity contribution in [2.45, 2.75) is 129 Å². The van der Waals surface area contributed by atoms with E-state index in [0.29, 0.717) is 0 Å². The van der Waals surface area contributed by atoms with Crippen LogP contribution in [0.5, 0.6) is 0 Å². The maximum Gasteiger partial charge on any atom is 0.490 e. The van der Waals surface area contributed by atoms with Gasteiger partial charge in [0, 0.05) is 0 Å². The predicted molar refractivity (Wildman–Crippen MR) is 132 cm³/mol. The van der Waals surface area contributed by atoms with Crippen molar-refractivity contribution in [2.75, 3.05) is 0 Å².